The Labute approximate surface area is 116 Å². The normalized spacial score (nSPS) is 17.8. The van der Waals surface area contributed by atoms with Gasteiger partial charge in [-0.3, -0.25) is 4.79 Å². The van der Waals surface area contributed by atoms with Crippen molar-refractivity contribution in [3.05, 3.63) is 0 Å². The fourth-order valence-corrected chi connectivity index (χ4v) is 3.52. The lowest BCUT2D eigenvalue weighted by Gasteiger charge is -2.36. The highest BCUT2D eigenvalue weighted by molar-refractivity contribution is 8.51. The van der Waals surface area contributed by atoms with Crippen LogP contribution in [0.3, 0.4) is 0 Å². The average Bonchev–Trinajstić information content (AvgIpc) is 1.99. The van der Waals surface area contributed by atoms with Gasteiger partial charge in [0.1, 0.15) is 11.4 Å². The zero-order valence-electron chi connectivity index (χ0n) is 9.05. The molecule has 1 N–H and O–H groups in total. The summed E-state index contributed by atoms with van der Waals surface area (Å²) in [5.74, 6) is -0.656. The van der Waals surface area contributed by atoms with Crippen LogP contribution in [0.5, 0.6) is 0 Å². The molecule has 0 aromatic rings. The molecule has 8 heteroatoms. The van der Waals surface area contributed by atoms with E-state index in [2.05, 4.69) is 0 Å². The lowest BCUT2D eigenvalue weighted by atomic mass is 10.3. The molecule has 0 rings (SSSR count). The number of rotatable bonds is 4. The summed E-state index contributed by atoms with van der Waals surface area (Å²) in [6.07, 6.45) is 1.74. The lowest BCUT2D eigenvalue weighted by molar-refractivity contribution is -0.144. The van der Waals surface area contributed by atoms with E-state index in [-0.39, 0.29) is 6.61 Å². The Morgan fingerprint density at radius 3 is 2.12 bits per heavy atom. The van der Waals surface area contributed by atoms with Crippen molar-refractivity contribution in [3.63, 3.8) is 0 Å². The summed E-state index contributed by atoms with van der Waals surface area (Å²) in [6.45, 7) is 1.82. The van der Waals surface area contributed by atoms with Crippen molar-refractivity contribution in [1.82, 2.24) is 0 Å². The van der Waals surface area contributed by atoms with Gasteiger partial charge in [-0.2, -0.15) is 9.24 Å². The fourth-order valence-electron chi connectivity index (χ4n) is 1.06. The molecule has 0 aliphatic heterocycles. The SMILES string of the molecule is CCOC(=O)C(C(O)C(Cl)(Cl)Cl)S(C)(C)Cl. The Balaban J connectivity index is 5.04. The standard InChI is InChI=1S/C8H14Cl4O3S/c1-4-15-7(14)5(16(2,3)12)6(13)8(9,10)11/h5-6,13H,4H2,1-3H3. The third kappa shape index (κ3) is 5.07. The third-order valence-corrected chi connectivity index (χ3v) is 4.65. The van der Waals surface area contributed by atoms with E-state index < -0.39 is 30.4 Å². The second kappa shape index (κ2) is 6.21. The molecule has 0 fully saturated rings. The van der Waals surface area contributed by atoms with E-state index in [1.165, 1.54) is 0 Å². The number of aliphatic hydroxyl groups is 1. The van der Waals surface area contributed by atoms with Gasteiger partial charge in [-0.1, -0.05) is 45.5 Å². The minimum absolute atomic E-state index is 0.175. The number of hydrogen-bond acceptors (Lipinski definition) is 3. The van der Waals surface area contributed by atoms with Crippen LogP contribution in [-0.4, -0.2) is 45.3 Å². The molecule has 0 saturated heterocycles. The van der Waals surface area contributed by atoms with Crippen LogP contribution in [-0.2, 0) is 9.53 Å². The van der Waals surface area contributed by atoms with E-state index in [4.69, 9.17) is 50.2 Å². The molecule has 0 spiro atoms. The second-order valence-corrected chi connectivity index (χ2v) is 11.3. The van der Waals surface area contributed by atoms with Crippen LogP contribution in [0.2, 0.25) is 0 Å². The quantitative estimate of drug-likeness (QED) is 0.636. The number of carbonyl (C=O) groups is 1. The number of halogens is 4. The monoisotopic (exact) mass is 330 g/mol. The molecular weight excluding hydrogens is 318 g/mol. The summed E-state index contributed by atoms with van der Waals surface area (Å²) in [7, 11) is 4.10. The summed E-state index contributed by atoms with van der Waals surface area (Å²) < 4.78 is 2.83. The Bertz CT molecular complexity index is 249. The molecule has 0 radical (unpaired) electrons. The molecule has 16 heavy (non-hydrogen) atoms. The average molecular weight is 332 g/mol. The minimum Gasteiger partial charge on any atom is -0.465 e. The first-order valence-corrected chi connectivity index (χ1v) is 8.82. The third-order valence-electron chi connectivity index (χ3n) is 1.74. The molecule has 0 aliphatic rings. The highest BCUT2D eigenvalue weighted by atomic mass is 35.7. The van der Waals surface area contributed by atoms with Crippen molar-refractivity contribution in [2.45, 2.75) is 22.1 Å². The van der Waals surface area contributed by atoms with Gasteiger partial charge < -0.3 is 9.84 Å². The molecule has 0 saturated carbocycles. The fraction of sp³-hybridized carbons (Fsp3) is 0.875. The first-order valence-electron chi connectivity index (χ1n) is 4.35. The smallest absolute Gasteiger partial charge is 0.321 e. The Morgan fingerprint density at radius 2 is 1.88 bits per heavy atom. The first kappa shape index (κ1) is 16.9. The van der Waals surface area contributed by atoms with E-state index in [1.807, 2.05) is 0 Å². The van der Waals surface area contributed by atoms with Crippen LogP contribution in [0, 0.1) is 0 Å². The molecule has 0 aliphatic carbocycles. The first-order chi connectivity index (χ1) is 7.01. The molecule has 2 atom stereocenters. The van der Waals surface area contributed by atoms with Gasteiger partial charge >= 0.3 is 5.97 Å². The van der Waals surface area contributed by atoms with E-state index in [9.17, 15) is 9.90 Å². The highest BCUT2D eigenvalue weighted by Gasteiger charge is 2.46. The summed E-state index contributed by atoms with van der Waals surface area (Å²) in [6, 6.07) is 0. The van der Waals surface area contributed by atoms with E-state index in [0.717, 1.165) is 0 Å². The number of esters is 1. The van der Waals surface area contributed by atoms with Crippen LogP contribution < -0.4 is 0 Å². The predicted octanol–water partition coefficient (Wildman–Crippen LogP) is 2.87. The summed E-state index contributed by atoms with van der Waals surface area (Å²) >= 11 is 16.7. The Morgan fingerprint density at radius 1 is 1.44 bits per heavy atom. The van der Waals surface area contributed by atoms with Crippen molar-refractivity contribution in [3.8, 4) is 0 Å². The summed E-state index contributed by atoms with van der Waals surface area (Å²) in [4.78, 5) is 11.7. The van der Waals surface area contributed by atoms with Crippen LogP contribution in [0.1, 0.15) is 6.92 Å². The molecule has 3 nitrogen and oxygen atoms in total. The molecule has 0 heterocycles. The molecule has 0 amide bonds. The molecule has 2 unspecified atom stereocenters. The molecule has 0 aromatic heterocycles. The van der Waals surface area contributed by atoms with Crippen LogP contribution in [0.15, 0.2) is 0 Å². The van der Waals surface area contributed by atoms with Gasteiger partial charge in [0.2, 0.25) is 3.79 Å². The zero-order valence-corrected chi connectivity index (χ0v) is 12.9. The molecule has 0 bridgehead atoms. The van der Waals surface area contributed by atoms with Crippen molar-refractivity contribution in [2.75, 3.05) is 19.1 Å². The van der Waals surface area contributed by atoms with Crippen molar-refractivity contribution >= 4 is 60.7 Å². The molecule has 98 valence electrons. The highest BCUT2D eigenvalue weighted by Crippen LogP contribution is 2.54. The maximum atomic E-state index is 11.7. The number of ether oxygens (including phenoxy) is 1. The van der Waals surface area contributed by atoms with E-state index in [1.54, 1.807) is 19.4 Å². The van der Waals surface area contributed by atoms with Gasteiger partial charge in [-0.05, 0) is 19.4 Å². The maximum Gasteiger partial charge on any atom is 0.321 e. The summed E-state index contributed by atoms with van der Waals surface area (Å²) in [5, 5.41) is 8.78. The number of aliphatic hydroxyl groups excluding tert-OH is 1. The van der Waals surface area contributed by atoms with Crippen molar-refractivity contribution in [2.24, 2.45) is 0 Å². The van der Waals surface area contributed by atoms with Crippen LogP contribution in [0.25, 0.3) is 0 Å². The van der Waals surface area contributed by atoms with Crippen molar-refractivity contribution in [1.29, 1.82) is 0 Å². The molecule has 0 aromatic carbocycles. The lowest BCUT2D eigenvalue weighted by Crippen LogP contribution is -2.45. The summed E-state index contributed by atoms with van der Waals surface area (Å²) in [5.41, 5.74) is 0. The molecular formula is C8H14Cl4O3S. The van der Waals surface area contributed by atoms with E-state index in [0.29, 0.717) is 0 Å². The maximum absolute atomic E-state index is 11.7. The number of alkyl halides is 3. The van der Waals surface area contributed by atoms with Gasteiger partial charge in [0.05, 0.1) is 6.61 Å². The number of carbonyl (C=O) groups excluding carboxylic acids is 1. The minimum atomic E-state index is -1.98. The van der Waals surface area contributed by atoms with Crippen LogP contribution >= 0.6 is 54.7 Å². The van der Waals surface area contributed by atoms with E-state index >= 15 is 0 Å². The number of hydrogen-bond donors (Lipinski definition) is 1. The van der Waals surface area contributed by atoms with Gasteiger partial charge in [-0.15, -0.1) is 0 Å². The van der Waals surface area contributed by atoms with Gasteiger partial charge in [0, 0.05) is 0 Å². The van der Waals surface area contributed by atoms with Crippen LogP contribution in [0.4, 0.5) is 0 Å². The Kier molecular flexibility index (Phi) is 6.57. The van der Waals surface area contributed by atoms with Gasteiger partial charge in [0.15, 0.2) is 0 Å². The topological polar surface area (TPSA) is 46.5 Å². The zero-order chi connectivity index (χ0) is 13.1. The predicted molar refractivity (Wildman–Crippen MR) is 72.0 cm³/mol. The van der Waals surface area contributed by atoms with Crippen molar-refractivity contribution < 1.29 is 14.6 Å². The van der Waals surface area contributed by atoms with Gasteiger partial charge in [0.25, 0.3) is 0 Å². The second-order valence-electron chi connectivity index (χ2n) is 3.44. The largest absolute Gasteiger partial charge is 0.465 e. The Hall–Kier alpha value is 0.940. The van der Waals surface area contributed by atoms with Gasteiger partial charge in [-0.25, -0.2) is 0 Å².